The molecule has 1 atom stereocenters. The molecule has 2 heterocycles. The van der Waals surface area contributed by atoms with Gasteiger partial charge in [-0.1, -0.05) is 24.3 Å². The Morgan fingerprint density at radius 3 is 2.69 bits per heavy atom. The molecular formula is C22H20F2N4O. The van der Waals surface area contributed by atoms with Crippen molar-refractivity contribution in [2.24, 2.45) is 0 Å². The Hall–Kier alpha value is -3.35. The van der Waals surface area contributed by atoms with Crippen LogP contribution in [0, 0.1) is 11.6 Å². The van der Waals surface area contributed by atoms with Crippen molar-refractivity contribution in [3.63, 3.8) is 0 Å². The summed E-state index contributed by atoms with van der Waals surface area (Å²) in [6.07, 6.45) is 3.31. The summed E-state index contributed by atoms with van der Waals surface area (Å²) in [5.74, 6) is -0.656. The van der Waals surface area contributed by atoms with Gasteiger partial charge >= 0.3 is 0 Å². The molecule has 2 N–H and O–H groups in total. The number of carbonyl (C=O) groups is 1. The number of nitrogens with two attached hydrogens (primary N) is 1. The van der Waals surface area contributed by atoms with Gasteiger partial charge in [-0.25, -0.2) is 18.7 Å². The zero-order valence-electron chi connectivity index (χ0n) is 15.7. The summed E-state index contributed by atoms with van der Waals surface area (Å²) in [6.45, 7) is 0.594. The number of anilines is 1. The Morgan fingerprint density at radius 1 is 1.14 bits per heavy atom. The van der Waals surface area contributed by atoms with E-state index in [0.29, 0.717) is 23.4 Å². The van der Waals surface area contributed by atoms with Gasteiger partial charge in [-0.2, -0.15) is 0 Å². The minimum absolute atomic E-state index is 0.0681. The lowest BCUT2D eigenvalue weighted by Crippen LogP contribution is -2.32. The number of hydrogen-bond donors (Lipinski definition) is 1. The van der Waals surface area contributed by atoms with Crippen LogP contribution in [0.25, 0.3) is 11.1 Å². The van der Waals surface area contributed by atoms with Crippen molar-refractivity contribution in [3.8, 4) is 11.1 Å². The summed E-state index contributed by atoms with van der Waals surface area (Å²) < 4.78 is 26.9. The maximum absolute atomic E-state index is 13.8. The highest BCUT2D eigenvalue weighted by atomic mass is 19.1. The van der Waals surface area contributed by atoms with Gasteiger partial charge in [0.05, 0.1) is 18.2 Å². The van der Waals surface area contributed by atoms with Crippen LogP contribution in [0.2, 0.25) is 0 Å². The van der Waals surface area contributed by atoms with E-state index in [1.54, 1.807) is 35.4 Å². The van der Waals surface area contributed by atoms with Crippen LogP contribution in [0.5, 0.6) is 0 Å². The lowest BCUT2D eigenvalue weighted by atomic mass is 9.99. The third-order valence-corrected chi connectivity index (χ3v) is 5.13. The van der Waals surface area contributed by atoms with E-state index < -0.39 is 0 Å². The summed E-state index contributed by atoms with van der Waals surface area (Å²) in [7, 11) is 0. The second-order valence-electron chi connectivity index (χ2n) is 7.09. The smallest absolute Gasteiger partial charge is 0.227 e. The third kappa shape index (κ3) is 4.08. The van der Waals surface area contributed by atoms with Crippen LogP contribution in [0.1, 0.15) is 30.1 Å². The topological polar surface area (TPSA) is 72.1 Å². The molecule has 1 fully saturated rings. The molecule has 0 saturated carbocycles. The third-order valence-electron chi connectivity index (χ3n) is 5.13. The highest BCUT2D eigenvalue weighted by molar-refractivity contribution is 5.80. The maximum Gasteiger partial charge on any atom is 0.227 e. The van der Waals surface area contributed by atoms with Crippen LogP contribution in [0.3, 0.4) is 0 Å². The van der Waals surface area contributed by atoms with Crippen LogP contribution in [0.4, 0.5) is 14.7 Å². The van der Waals surface area contributed by atoms with Gasteiger partial charge in [0.1, 0.15) is 11.6 Å². The predicted octanol–water partition coefficient (Wildman–Crippen LogP) is 3.91. The molecule has 0 aliphatic carbocycles. The first kappa shape index (κ1) is 19.0. The number of nitrogens with zero attached hydrogens (tertiary/aromatic N) is 3. The Morgan fingerprint density at radius 2 is 1.93 bits per heavy atom. The number of aromatic nitrogens is 2. The SMILES string of the molecule is Nc1ncc(-c2cccc(F)c2)c(C2CCCN2C(=O)Cc2ccc(F)cc2)n1. The van der Waals surface area contributed by atoms with Gasteiger partial charge in [0.15, 0.2) is 0 Å². The number of benzene rings is 2. The lowest BCUT2D eigenvalue weighted by molar-refractivity contribution is -0.131. The van der Waals surface area contributed by atoms with Crippen LogP contribution in [-0.2, 0) is 11.2 Å². The lowest BCUT2D eigenvalue weighted by Gasteiger charge is -2.26. The molecule has 1 aliphatic heterocycles. The zero-order chi connectivity index (χ0) is 20.4. The van der Waals surface area contributed by atoms with Crippen molar-refractivity contribution in [1.82, 2.24) is 14.9 Å². The number of rotatable bonds is 4. The first-order valence-corrected chi connectivity index (χ1v) is 9.43. The number of amides is 1. The van der Waals surface area contributed by atoms with Crippen molar-refractivity contribution in [1.29, 1.82) is 0 Å². The van der Waals surface area contributed by atoms with Crippen molar-refractivity contribution >= 4 is 11.9 Å². The molecule has 1 aromatic heterocycles. The van der Waals surface area contributed by atoms with E-state index in [-0.39, 0.29) is 36.0 Å². The molecule has 3 aromatic rings. The fourth-order valence-corrected chi connectivity index (χ4v) is 3.77. The van der Waals surface area contributed by atoms with E-state index >= 15 is 0 Å². The fraction of sp³-hybridized carbons (Fsp3) is 0.227. The Labute approximate surface area is 167 Å². The molecule has 7 heteroatoms. The van der Waals surface area contributed by atoms with Crippen LogP contribution in [0.15, 0.2) is 54.7 Å². The second-order valence-corrected chi connectivity index (χ2v) is 7.09. The maximum atomic E-state index is 13.8. The van der Waals surface area contributed by atoms with Gasteiger partial charge in [-0.3, -0.25) is 4.79 Å². The van der Waals surface area contributed by atoms with Crippen LogP contribution >= 0.6 is 0 Å². The average molecular weight is 394 g/mol. The normalized spacial score (nSPS) is 16.2. The zero-order valence-corrected chi connectivity index (χ0v) is 15.7. The Bertz CT molecular complexity index is 1040. The van der Waals surface area contributed by atoms with E-state index in [2.05, 4.69) is 9.97 Å². The number of nitrogen functional groups attached to an aromatic ring is 1. The van der Waals surface area contributed by atoms with Crippen molar-refractivity contribution < 1.29 is 13.6 Å². The predicted molar refractivity (Wildman–Crippen MR) is 106 cm³/mol. The quantitative estimate of drug-likeness (QED) is 0.728. The van der Waals surface area contributed by atoms with Gasteiger partial charge < -0.3 is 10.6 Å². The molecular weight excluding hydrogens is 374 g/mol. The average Bonchev–Trinajstić information content (AvgIpc) is 3.19. The summed E-state index contributed by atoms with van der Waals surface area (Å²) >= 11 is 0. The molecule has 0 radical (unpaired) electrons. The largest absolute Gasteiger partial charge is 0.368 e. The number of likely N-dealkylation sites (tertiary alicyclic amines) is 1. The summed E-state index contributed by atoms with van der Waals surface area (Å²) in [6, 6.07) is 11.8. The van der Waals surface area contributed by atoms with E-state index in [1.165, 1.54) is 24.3 Å². The van der Waals surface area contributed by atoms with Gasteiger partial charge in [-0.05, 0) is 48.2 Å². The minimum Gasteiger partial charge on any atom is -0.368 e. The first-order valence-electron chi connectivity index (χ1n) is 9.43. The van der Waals surface area contributed by atoms with E-state index in [0.717, 1.165) is 18.4 Å². The molecule has 0 spiro atoms. The number of hydrogen-bond acceptors (Lipinski definition) is 4. The van der Waals surface area contributed by atoms with Gasteiger partial charge in [0, 0.05) is 18.3 Å². The molecule has 1 saturated heterocycles. The number of halogens is 2. The van der Waals surface area contributed by atoms with Gasteiger partial charge in [0.25, 0.3) is 0 Å². The van der Waals surface area contributed by atoms with E-state index in [9.17, 15) is 13.6 Å². The standard InChI is InChI=1S/C22H20F2N4O/c23-16-8-6-14(7-9-16)11-20(29)28-10-2-5-19(28)21-18(13-26-22(25)27-21)15-3-1-4-17(24)12-15/h1,3-4,6-9,12-13,19H,2,5,10-11H2,(H2,25,26,27). The second kappa shape index (κ2) is 7.95. The molecule has 1 unspecified atom stereocenters. The molecule has 1 amide bonds. The van der Waals surface area contributed by atoms with E-state index in [4.69, 9.17) is 5.73 Å². The molecule has 4 rings (SSSR count). The monoisotopic (exact) mass is 394 g/mol. The fourth-order valence-electron chi connectivity index (χ4n) is 3.77. The van der Waals surface area contributed by atoms with Crippen molar-refractivity contribution in [2.45, 2.75) is 25.3 Å². The van der Waals surface area contributed by atoms with Crippen LogP contribution < -0.4 is 5.73 Å². The molecule has 1 aliphatic rings. The minimum atomic E-state index is -0.360. The number of carbonyl (C=O) groups excluding carboxylic acids is 1. The summed E-state index contributed by atoms with van der Waals surface area (Å²) in [4.78, 5) is 23.2. The summed E-state index contributed by atoms with van der Waals surface area (Å²) in [5.41, 5.74) is 8.49. The van der Waals surface area contributed by atoms with E-state index in [1.807, 2.05) is 0 Å². The highest BCUT2D eigenvalue weighted by Gasteiger charge is 2.33. The van der Waals surface area contributed by atoms with Crippen LogP contribution in [-0.4, -0.2) is 27.3 Å². The van der Waals surface area contributed by atoms with Crippen molar-refractivity contribution in [2.75, 3.05) is 12.3 Å². The molecule has 5 nitrogen and oxygen atoms in total. The Balaban J connectivity index is 1.65. The summed E-state index contributed by atoms with van der Waals surface area (Å²) in [5, 5.41) is 0. The molecule has 29 heavy (non-hydrogen) atoms. The Kier molecular flexibility index (Phi) is 5.20. The molecule has 148 valence electrons. The highest BCUT2D eigenvalue weighted by Crippen LogP contribution is 2.37. The van der Waals surface area contributed by atoms with Gasteiger partial charge in [0.2, 0.25) is 11.9 Å². The molecule has 2 aromatic carbocycles. The van der Waals surface area contributed by atoms with Crippen molar-refractivity contribution in [3.05, 3.63) is 77.6 Å². The van der Waals surface area contributed by atoms with Gasteiger partial charge in [-0.15, -0.1) is 0 Å². The first-order chi connectivity index (χ1) is 14.0. The molecule has 0 bridgehead atoms.